The molecular weight excluding hydrogens is 411 g/mol. The Morgan fingerprint density at radius 1 is 1.03 bits per heavy atom. The second kappa shape index (κ2) is 9.27. The van der Waals surface area contributed by atoms with Crippen molar-refractivity contribution in [2.45, 2.75) is 4.90 Å². The SMILES string of the molecule is COc1ccc(OC)c(S(=O)(=O)N2CCN(C(=O)/C=C/c3ccccc3F)CC2)c1. The number of hydrogen-bond donors (Lipinski definition) is 0. The van der Waals surface area contributed by atoms with Gasteiger partial charge in [0.25, 0.3) is 0 Å². The van der Waals surface area contributed by atoms with Gasteiger partial charge in [-0.15, -0.1) is 0 Å². The maximum atomic E-state index is 13.7. The number of methoxy groups -OCH3 is 2. The number of sulfonamides is 1. The fourth-order valence-corrected chi connectivity index (χ4v) is 4.74. The molecule has 160 valence electrons. The van der Waals surface area contributed by atoms with E-state index in [0.29, 0.717) is 11.3 Å². The minimum atomic E-state index is -3.82. The molecule has 0 aliphatic carbocycles. The second-order valence-corrected chi connectivity index (χ2v) is 8.51. The van der Waals surface area contributed by atoms with E-state index in [4.69, 9.17) is 9.47 Å². The standard InChI is InChI=1S/C21H23FN2O5S/c1-28-17-8-9-19(29-2)20(15-17)30(26,27)24-13-11-23(12-14-24)21(25)10-7-16-5-3-4-6-18(16)22/h3-10,15H,11-14H2,1-2H3/b10-7+. The Morgan fingerprint density at radius 3 is 2.37 bits per heavy atom. The summed E-state index contributed by atoms with van der Waals surface area (Å²) in [6.07, 6.45) is 2.72. The quantitative estimate of drug-likeness (QED) is 0.653. The summed E-state index contributed by atoms with van der Waals surface area (Å²) in [6.45, 7) is 0.738. The molecule has 3 rings (SSSR count). The van der Waals surface area contributed by atoms with Gasteiger partial charge in [-0.05, 0) is 24.3 Å². The van der Waals surface area contributed by atoms with Crippen molar-refractivity contribution in [2.24, 2.45) is 0 Å². The smallest absolute Gasteiger partial charge is 0.247 e. The zero-order valence-corrected chi connectivity index (χ0v) is 17.6. The number of carbonyl (C=O) groups is 1. The highest BCUT2D eigenvalue weighted by molar-refractivity contribution is 7.89. The summed E-state index contributed by atoms with van der Waals surface area (Å²) in [6, 6.07) is 10.7. The van der Waals surface area contributed by atoms with Gasteiger partial charge in [0.15, 0.2) is 0 Å². The molecule has 0 saturated carbocycles. The first kappa shape index (κ1) is 21.8. The number of ether oxygens (including phenoxy) is 2. The maximum Gasteiger partial charge on any atom is 0.247 e. The highest BCUT2D eigenvalue weighted by Crippen LogP contribution is 2.31. The Labute approximate surface area is 175 Å². The maximum absolute atomic E-state index is 13.7. The summed E-state index contributed by atoms with van der Waals surface area (Å²) in [5, 5.41) is 0. The zero-order valence-electron chi connectivity index (χ0n) is 16.7. The molecule has 30 heavy (non-hydrogen) atoms. The van der Waals surface area contributed by atoms with Gasteiger partial charge in [0.05, 0.1) is 14.2 Å². The van der Waals surface area contributed by atoms with E-state index < -0.39 is 15.8 Å². The number of carbonyl (C=O) groups excluding carboxylic acids is 1. The van der Waals surface area contributed by atoms with Crippen LogP contribution in [-0.4, -0.2) is 63.9 Å². The van der Waals surface area contributed by atoms with Crippen LogP contribution in [0.5, 0.6) is 11.5 Å². The first-order valence-corrected chi connectivity index (χ1v) is 10.7. The third kappa shape index (κ3) is 4.63. The lowest BCUT2D eigenvalue weighted by atomic mass is 10.2. The van der Waals surface area contributed by atoms with Crippen molar-refractivity contribution in [2.75, 3.05) is 40.4 Å². The van der Waals surface area contributed by atoms with Gasteiger partial charge in [-0.1, -0.05) is 18.2 Å². The van der Waals surface area contributed by atoms with Crippen LogP contribution in [0.2, 0.25) is 0 Å². The van der Waals surface area contributed by atoms with Crippen LogP contribution >= 0.6 is 0 Å². The van der Waals surface area contributed by atoms with Gasteiger partial charge in [-0.25, -0.2) is 12.8 Å². The molecule has 0 aromatic heterocycles. The summed E-state index contributed by atoms with van der Waals surface area (Å²) in [4.78, 5) is 14.0. The molecule has 1 fully saturated rings. The van der Waals surface area contributed by atoms with Crippen LogP contribution in [-0.2, 0) is 14.8 Å². The topological polar surface area (TPSA) is 76.2 Å². The van der Waals surface area contributed by atoms with E-state index in [-0.39, 0.29) is 42.7 Å². The minimum Gasteiger partial charge on any atom is -0.497 e. The van der Waals surface area contributed by atoms with Crippen LogP contribution in [0.25, 0.3) is 6.08 Å². The molecule has 1 aliphatic heterocycles. The molecule has 0 unspecified atom stereocenters. The van der Waals surface area contributed by atoms with Crippen LogP contribution < -0.4 is 9.47 Å². The molecule has 0 bridgehead atoms. The lowest BCUT2D eigenvalue weighted by molar-refractivity contribution is -0.127. The molecular formula is C21H23FN2O5S. The predicted octanol–water partition coefficient (Wildman–Crippen LogP) is 2.39. The highest BCUT2D eigenvalue weighted by Gasteiger charge is 2.32. The normalized spacial score (nSPS) is 15.4. The Morgan fingerprint density at radius 2 is 1.73 bits per heavy atom. The molecule has 1 aliphatic rings. The Kier molecular flexibility index (Phi) is 6.73. The predicted molar refractivity (Wildman–Crippen MR) is 110 cm³/mol. The van der Waals surface area contributed by atoms with Gasteiger partial charge in [0, 0.05) is 43.9 Å². The van der Waals surface area contributed by atoms with Crippen LogP contribution in [0.1, 0.15) is 5.56 Å². The van der Waals surface area contributed by atoms with Crippen LogP contribution in [0.3, 0.4) is 0 Å². The summed E-state index contributed by atoms with van der Waals surface area (Å²) in [5.41, 5.74) is 0.317. The van der Waals surface area contributed by atoms with Crippen LogP contribution in [0.15, 0.2) is 53.4 Å². The molecule has 0 radical (unpaired) electrons. The number of halogens is 1. The molecule has 9 heteroatoms. The van der Waals surface area contributed by atoms with Crippen molar-refractivity contribution in [1.29, 1.82) is 0 Å². The van der Waals surface area contributed by atoms with E-state index in [1.54, 1.807) is 30.3 Å². The van der Waals surface area contributed by atoms with Gasteiger partial charge in [-0.2, -0.15) is 4.31 Å². The van der Waals surface area contributed by atoms with E-state index in [2.05, 4.69) is 0 Å². The van der Waals surface area contributed by atoms with E-state index in [1.807, 2.05) is 0 Å². The first-order chi connectivity index (χ1) is 14.4. The average Bonchev–Trinajstić information content (AvgIpc) is 2.78. The zero-order chi connectivity index (χ0) is 21.7. The Bertz CT molecular complexity index is 1050. The van der Waals surface area contributed by atoms with Crippen molar-refractivity contribution in [3.63, 3.8) is 0 Å². The number of rotatable bonds is 6. The summed E-state index contributed by atoms with van der Waals surface area (Å²) in [5.74, 6) is -0.0810. The van der Waals surface area contributed by atoms with Crippen LogP contribution in [0, 0.1) is 5.82 Å². The fourth-order valence-electron chi connectivity index (χ4n) is 3.15. The van der Waals surface area contributed by atoms with Gasteiger partial charge >= 0.3 is 0 Å². The summed E-state index contributed by atoms with van der Waals surface area (Å²) >= 11 is 0. The second-order valence-electron chi connectivity index (χ2n) is 6.60. The first-order valence-electron chi connectivity index (χ1n) is 9.30. The molecule has 0 spiro atoms. The fraction of sp³-hybridized carbons (Fsp3) is 0.286. The van der Waals surface area contributed by atoms with Gasteiger partial charge in [0.2, 0.25) is 15.9 Å². The number of benzene rings is 2. The summed E-state index contributed by atoms with van der Waals surface area (Å²) < 4.78 is 51.5. The van der Waals surface area contributed by atoms with Crippen molar-refractivity contribution < 1.29 is 27.1 Å². The molecule has 7 nitrogen and oxygen atoms in total. The Balaban J connectivity index is 1.69. The summed E-state index contributed by atoms with van der Waals surface area (Å²) in [7, 11) is -0.967. The third-order valence-corrected chi connectivity index (χ3v) is 6.77. The largest absolute Gasteiger partial charge is 0.497 e. The van der Waals surface area contributed by atoms with Gasteiger partial charge in [0.1, 0.15) is 22.2 Å². The van der Waals surface area contributed by atoms with Gasteiger partial charge in [-0.3, -0.25) is 4.79 Å². The van der Waals surface area contributed by atoms with Crippen molar-refractivity contribution in [3.8, 4) is 11.5 Å². The average molecular weight is 434 g/mol. The van der Waals surface area contributed by atoms with Crippen molar-refractivity contribution in [3.05, 3.63) is 59.9 Å². The van der Waals surface area contributed by atoms with Gasteiger partial charge < -0.3 is 14.4 Å². The molecule has 0 atom stereocenters. The van der Waals surface area contributed by atoms with Crippen molar-refractivity contribution >= 4 is 22.0 Å². The third-order valence-electron chi connectivity index (χ3n) is 4.85. The number of piperazine rings is 1. The van der Waals surface area contributed by atoms with Crippen LogP contribution in [0.4, 0.5) is 4.39 Å². The van der Waals surface area contributed by atoms with E-state index in [1.165, 1.54) is 47.7 Å². The van der Waals surface area contributed by atoms with E-state index >= 15 is 0 Å². The molecule has 2 aromatic carbocycles. The molecule has 0 N–H and O–H groups in total. The molecule has 1 heterocycles. The lowest BCUT2D eigenvalue weighted by Crippen LogP contribution is -2.50. The number of hydrogen-bond acceptors (Lipinski definition) is 5. The van der Waals surface area contributed by atoms with E-state index in [0.717, 1.165) is 0 Å². The van der Waals surface area contributed by atoms with E-state index in [9.17, 15) is 17.6 Å². The molecule has 2 aromatic rings. The number of nitrogens with zero attached hydrogens (tertiary/aromatic N) is 2. The molecule has 1 saturated heterocycles. The minimum absolute atomic E-state index is 0.0172. The monoisotopic (exact) mass is 434 g/mol. The molecule has 1 amide bonds. The van der Waals surface area contributed by atoms with Crippen molar-refractivity contribution in [1.82, 2.24) is 9.21 Å². The lowest BCUT2D eigenvalue weighted by Gasteiger charge is -2.33. The highest BCUT2D eigenvalue weighted by atomic mass is 32.2. The number of amides is 1. The Hall–Kier alpha value is -2.91.